The summed E-state index contributed by atoms with van der Waals surface area (Å²) >= 11 is 3.48. The number of nitrogens with zero attached hydrogens (tertiary/aromatic N) is 2. The number of aromatic carboxylic acids is 1. The predicted octanol–water partition coefficient (Wildman–Crippen LogP) is 6.09. The number of benzene rings is 3. The highest BCUT2D eigenvalue weighted by Crippen LogP contribution is 2.31. The number of hydrogen-bond acceptors (Lipinski definition) is 4. The third kappa shape index (κ3) is 7.97. The van der Waals surface area contributed by atoms with Gasteiger partial charge in [0.1, 0.15) is 11.4 Å². The maximum Gasteiger partial charge on any atom is 0.437 e. The van der Waals surface area contributed by atoms with Crippen molar-refractivity contribution in [3.05, 3.63) is 105 Å². The molecule has 0 heterocycles. The molecule has 0 aliphatic heterocycles. The molecular formula is C29H29BrFN3O5. The van der Waals surface area contributed by atoms with Crippen LogP contribution in [0, 0.1) is 5.82 Å². The van der Waals surface area contributed by atoms with E-state index in [0.29, 0.717) is 17.5 Å². The molecule has 204 valence electrons. The van der Waals surface area contributed by atoms with Crippen molar-refractivity contribution in [3.63, 3.8) is 0 Å². The van der Waals surface area contributed by atoms with Gasteiger partial charge in [-0.3, -0.25) is 9.69 Å². The highest BCUT2D eigenvalue weighted by Gasteiger charge is 2.33. The summed E-state index contributed by atoms with van der Waals surface area (Å²) in [7, 11) is 0. The first-order valence-corrected chi connectivity index (χ1v) is 12.8. The number of halogens is 2. The molecule has 2 N–H and O–H groups in total. The molecule has 39 heavy (non-hydrogen) atoms. The normalized spacial score (nSPS) is 13.2. The zero-order chi connectivity index (χ0) is 28.8. The number of hydrogen-bond donors (Lipinski definition) is 2. The Kier molecular flexibility index (Phi) is 9.24. The molecule has 0 fully saturated rings. The van der Waals surface area contributed by atoms with Crippen LogP contribution in [0.25, 0.3) is 0 Å². The van der Waals surface area contributed by atoms with Crippen molar-refractivity contribution >= 4 is 40.4 Å². The van der Waals surface area contributed by atoms with Crippen molar-refractivity contribution in [2.45, 2.75) is 45.4 Å². The summed E-state index contributed by atoms with van der Waals surface area (Å²) in [6.45, 7) is 6.77. The van der Waals surface area contributed by atoms with Gasteiger partial charge in [0, 0.05) is 4.47 Å². The molecule has 0 bridgehead atoms. The van der Waals surface area contributed by atoms with E-state index in [0.717, 1.165) is 14.9 Å². The van der Waals surface area contributed by atoms with Gasteiger partial charge in [0.2, 0.25) is 12.4 Å². The summed E-state index contributed by atoms with van der Waals surface area (Å²) < 4.78 is 20.0. The van der Waals surface area contributed by atoms with Gasteiger partial charge < -0.3 is 15.2 Å². The number of amides is 2. The zero-order valence-electron chi connectivity index (χ0n) is 21.9. The third-order valence-corrected chi connectivity index (χ3v) is 6.20. The van der Waals surface area contributed by atoms with Crippen LogP contribution in [0.5, 0.6) is 0 Å². The number of rotatable bonds is 7. The molecule has 0 spiro atoms. The summed E-state index contributed by atoms with van der Waals surface area (Å²) in [6, 6.07) is 19.2. The van der Waals surface area contributed by atoms with E-state index in [1.54, 1.807) is 52.0 Å². The second-order valence-corrected chi connectivity index (χ2v) is 10.8. The summed E-state index contributed by atoms with van der Waals surface area (Å²) in [5, 5.41) is 12.6. The van der Waals surface area contributed by atoms with Crippen LogP contribution in [0.3, 0.4) is 0 Å². The van der Waals surface area contributed by atoms with Gasteiger partial charge >= 0.3 is 12.1 Å². The average molecular weight is 598 g/mol. The molecule has 10 heteroatoms. The second kappa shape index (κ2) is 12.2. The first-order valence-electron chi connectivity index (χ1n) is 12.0. The quantitative estimate of drug-likeness (QED) is 0.194. The van der Waals surface area contributed by atoms with E-state index in [-0.39, 0.29) is 18.1 Å². The standard InChI is InChI=1S/C29H29BrFN3O5/c1-28(2,3)39-27(38)32-26(34(18-35)17-19-7-5-8-20(15-19)25(36)37)33-29(4,21-11-13-24(31)14-12-21)22-9-6-10-23(30)16-22/h5-16,18H,17H2,1-4H3,(H,36,37)(H,32,33,38). The molecule has 1 atom stereocenters. The Morgan fingerprint density at radius 3 is 2.28 bits per heavy atom. The molecular weight excluding hydrogens is 569 g/mol. The maximum absolute atomic E-state index is 13.8. The van der Waals surface area contributed by atoms with Gasteiger partial charge in [0.15, 0.2) is 0 Å². The van der Waals surface area contributed by atoms with Crippen LogP contribution >= 0.6 is 15.9 Å². The van der Waals surface area contributed by atoms with Crippen LogP contribution in [0.1, 0.15) is 54.7 Å². The Bertz CT molecular complexity index is 1390. The molecule has 2 amide bonds. The largest absolute Gasteiger partial charge is 0.478 e. The predicted molar refractivity (Wildman–Crippen MR) is 149 cm³/mol. The van der Waals surface area contributed by atoms with Crippen molar-refractivity contribution in [2.24, 2.45) is 4.99 Å². The first-order chi connectivity index (χ1) is 18.3. The molecule has 0 aliphatic carbocycles. The highest BCUT2D eigenvalue weighted by molar-refractivity contribution is 9.10. The Morgan fingerprint density at radius 2 is 1.69 bits per heavy atom. The Balaban J connectivity index is 2.14. The van der Waals surface area contributed by atoms with Crippen LogP contribution in [0.2, 0.25) is 0 Å². The monoisotopic (exact) mass is 597 g/mol. The number of aliphatic imine (C=N–C) groups is 1. The number of carbonyl (C=O) groups is 3. The molecule has 0 aromatic heterocycles. The topological polar surface area (TPSA) is 108 Å². The van der Waals surface area contributed by atoms with Gasteiger partial charge in [0.25, 0.3) is 0 Å². The lowest BCUT2D eigenvalue weighted by Gasteiger charge is -2.36. The average Bonchev–Trinajstić information content (AvgIpc) is 2.86. The van der Waals surface area contributed by atoms with Gasteiger partial charge in [-0.15, -0.1) is 4.99 Å². The summed E-state index contributed by atoms with van der Waals surface area (Å²) in [4.78, 5) is 41.9. The fourth-order valence-electron chi connectivity index (χ4n) is 3.81. The lowest BCUT2D eigenvalue weighted by atomic mass is 9.84. The third-order valence-electron chi connectivity index (χ3n) is 5.70. The molecule has 0 aliphatic rings. The van der Waals surface area contributed by atoms with Crippen LogP contribution < -0.4 is 5.32 Å². The van der Waals surface area contributed by atoms with E-state index >= 15 is 0 Å². The van der Waals surface area contributed by atoms with Crippen molar-refractivity contribution in [1.82, 2.24) is 10.2 Å². The van der Waals surface area contributed by atoms with Crippen molar-refractivity contribution < 1.29 is 28.6 Å². The van der Waals surface area contributed by atoms with Gasteiger partial charge in [0.05, 0.1) is 17.6 Å². The fraction of sp³-hybridized carbons (Fsp3) is 0.241. The Hall–Kier alpha value is -4.05. The minimum absolute atomic E-state index is 0.0437. The lowest BCUT2D eigenvalue weighted by molar-refractivity contribution is -0.115. The van der Waals surface area contributed by atoms with Crippen LogP contribution in [0.4, 0.5) is 9.18 Å². The molecule has 0 saturated heterocycles. The lowest BCUT2D eigenvalue weighted by Crippen LogP contribution is -2.51. The number of guanidine groups is 1. The molecule has 3 aromatic carbocycles. The first kappa shape index (κ1) is 29.5. The highest BCUT2D eigenvalue weighted by atomic mass is 79.9. The number of carboxylic acid groups (broad SMARTS) is 1. The van der Waals surface area contributed by atoms with E-state index in [9.17, 15) is 23.9 Å². The van der Waals surface area contributed by atoms with Crippen molar-refractivity contribution in [3.8, 4) is 0 Å². The van der Waals surface area contributed by atoms with E-state index < -0.39 is 29.0 Å². The zero-order valence-corrected chi connectivity index (χ0v) is 23.5. The Labute approximate surface area is 234 Å². The summed E-state index contributed by atoms with van der Waals surface area (Å²) in [5.41, 5.74) is -0.0776. The maximum atomic E-state index is 13.8. The summed E-state index contributed by atoms with van der Waals surface area (Å²) in [5.74, 6) is -1.69. The molecule has 0 saturated carbocycles. The van der Waals surface area contributed by atoms with Crippen LogP contribution in [-0.2, 0) is 21.6 Å². The molecule has 3 rings (SSSR count). The Morgan fingerprint density at radius 1 is 1.03 bits per heavy atom. The van der Waals surface area contributed by atoms with Crippen molar-refractivity contribution in [1.29, 1.82) is 0 Å². The number of carboxylic acids is 1. The summed E-state index contributed by atoms with van der Waals surface area (Å²) in [6.07, 6.45) is -0.456. The van der Waals surface area contributed by atoms with Gasteiger partial charge in [-0.2, -0.15) is 0 Å². The number of ether oxygens (including phenoxy) is 1. The minimum atomic E-state index is -1.12. The van der Waals surface area contributed by atoms with E-state index in [4.69, 9.17) is 4.74 Å². The smallest absolute Gasteiger partial charge is 0.437 e. The van der Waals surface area contributed by atoms with Gasteiger partial charge in [-0.25, -0.2) is 14.0 Å². The van der Waals surface area contributed by atoms with Crippen molar-refractivity contribution in [2.75, 3.05) is 0 Å². The molecule has 8 nitrogen and oxygen atoms in total. The molecule has 0 radical (unpaired) electrons. The number of nitrogens with one attached hydrogen (secondary N) is 1. The SMILES string of the molecule is CC(C)(C)OC(=O)N=C(NC(C)(c1ccc(F)cc1)c1cccc(Br)c1)N(C=O)Cc1cccc(C(=O)O)c1. The molecule has 3 aromatic rings. The second-order valence-electron chi connectivity index (χ2n) is 9.92. The van der Waals surface area contributed by atoms with Gasteiger partial charge in [-0.05, 0) is 80.8 Å². The number of carbonyl (C=O) groups excluding carboxylic acids is 2. The minimum Gasteiger partial charge on any atom is -0.478 e. The van der Waals surface area contributed by atoms with E-state index in [2.05, 4.69) is 26.2 Å². The van der Waals surface area contributed by atoms with E-state index in [1.807, 2.05) is 24.3 Å². The van der Waals surface area contributed by atoms with E-state index in [1.165, 1.54) is 24.3 Å². The van der Waals surface area contributed by atoms with Crippen LogP contribution in [-0.4, -0.2) is 40.0 Å². The van der Waals surface area contributed by atoms with Gasteiger partial charge in [-0.1, -0.05) is 52.3 Å². The van der Waals surface area contributed by atoms with Crippen LogP contribution in [0.15, 0.2) is 82.3 Å². The fourth-order valence-corrected chi connectivity index (χ4v) is 4.21. The molecule has 1 unspecified atom stereocenters.